The van der Waals surface area contributed by atoms with Crippen molar-refractivity contribution in [2.24, 2.45) is 5.10 Å². The van der Waals surface area contributed by atoms with Crippen molar-refractivity contribution < 1.29 is 4.74 Å². The van der Waals surface area contributed by atoms with E-state index in [2.05, 4.69) is 63.2 Å². The molecule has 1 aromatic heterocycles. The third-order valence-corrected chi connectivity index (χ3v) is 5.64. The standard InChI is InChI=1S/C22H31N7O/c1-16-13-17(2)19(18(3)14-16)15-23-27-20-24-21(28-7-5-4-6-8-28)26-22(25-20)29-9-11-30-12-10-29/h13-15H,4-12H2,1-3H3,(H,24,25,26,27)/b23-15-. The number of rotatable bonds is 5. The Bertz CT molecular complexity index is 843. The van der Waals surface area contributed by atoms with Gasteiger partial charge in [-0.2, -0.15) is 20.1 Å². The van der Waals surface area contributed by atoms with Crippen LogP contribution in [-0.4, -0.2) is 60.6 Å². The van der Waals surface area contributed by atoms with Crippen LogP contribution < -0.4 is 15.2 Å². The van der Waals surface area contributed by atoms with Gasteiger partial charge in [0.05, 0.1) is 19.4 Å². The van der Waals surface area contributed by atoms with Gasteiger partial charge >= 0.3 is 0 Å². The van der Waals surface area contributed by atoms with Gasteiger partial charge in [0.25, 0.3) is 0 Å². The molecule has 30 heavy (non-hydrogen) atoms. The summed E-state index contributed by atoms with van der Waals surface area (Å²) in [6.07, 6.45) is 5.46. The number of morpholine rings is 1. The molecule has 1 N–H and O–H groups in total. The highest BCUT2D eigenvalue weighted by Gasteiger charge is 2.20. The van der Waals surface area contributed by atoms with Crippen LogP contribution in [0.5, 0.6) is 0 Å². The number of hydrazone groups is 1. The molecule has 2 aliphatic rings. The zero-order valence-corrected chi connectivity index (χ0v) is 18.2. The Balaban J connectivity index is 1.58. The SMILES string of the molecule is Cc1cc(C)c(/C=N\Nc2nc(N3CCCCC3)nc(N3CCOCC3)n2)c(C)c1. The molecule has 0 bridgehead atoms. The fourth-order valence-electron chi connectivity index (χ4n) is 4.09. The molecule has 8 nitrogen and oxygen atoms in total. The lowest BCUT2D eigenvalue weighted by Gasteiger charge is -2.30. The second-order valence-electron chi connectivity index (χ2n) is 8.09. The molecule has 1 aromatic carbocycles. The zero-order chi connectivity index (χ0) is 20.9. The Morgan fingerprint density at radius 3 is 2.10 bits per heavy atom. The van der Waals surface area contributed by atoms with Crippen molar-refractivity contribution in [1.82, 2.24) is 15.0 Å². The summed E-state index contributed by atoms with van der Waals surface area (Å²) in [4.78, 5) is 18.5. The highest BCUT2D eigenvalue weighted by Crippen LogP contribution is 2.21. The molecule has 0 saturated carbocycles. The van der Waals surface area contributed by atoms with E-state index in [4.69, 9.17) is 9.72 Å². The molecule has 3 heterocycles. The molecule has 160 valence electrons. The summed E-state index contributed by atoms with van der Waals surface area (Å²) in [5, 5.41) is 4.45. The summed E-state index contributed by atoms with van der Waals surface area (Å²) in [6.45, 7) is 11.2. The Kier molecular flexibility index (Phi) is 6.42. The summed E-state index contributed by atoms with van der Waals surface area (Å²) < 4.78 is 5.48. The fraction of sp³-hybridized carbons (Fsp3) is 0.545. The maximum Gasteiger partial charge on any atom is 0.250 e. The van der Waals surface area contributed by atoms with E-state index in [1.807, 2.05) is 6.21 Å². The first-order chi connectivity index (χ1) is 14.6. The summed E-state index contributed by atoms with van der Waals surface area (Å²) in [5.74, 6) is 1.89. The van der Waals surface area contributed by atoms with Crippen LogP contribution in [0.3, 0.4) is 0 Å². The Hall–Kier alpha value is -2.74. The van der Waals surface area contributed by atoms with Gasteiger partial charge in [-0.05, 0) is 51.2 Å². The predicted octanol–water partition coefficient (Wildman–Crippen LogP) is 3.07. The van der Waals surface area contributed by atoms with E-state index >= 15 is 0 Å². The number of aromatic nitrogens is 3. The average molecular weight is 410 g/mol. The monoisotopic (exact) mass is 409 g/mol. The van der Waals surface area contributed by atoms with Crippen LogP contribution in [0.15, 0.2) is 17.2 Å². The van der Waals surface area contributed by atoms with Gasteiger partial charge in [0.2, 0.25) is 17.8 Å². The van der Waals surface area contributed by atoms with Gasteiger partial charge in [0, 0.05) is 31.7 Å². The van der Waals surface area contributed by atoms with Crippen molar-refractivity contribution in [1.29, 1.82) is 0 Å². The largest absolute Gasteiger partial charge is 0.378 e. The molecule has 2 aliphatic heterocycles. The van der Waals surface area contributed by atoms with Crippen LogP contribution in [0.25, 0.3) is 0 Å². The minimum atomic E-state index is 0.478. The lowest BCUT2D eigenvalue weighted by Crippen LogP contribution is -2.38. The van der Waals surface area contributed by atoms with Crippen LogP contribution in [0.2, 0.25) is 0 Å². The van der Waals surface area contributed by atoms with Crippen LogP contribution in [0, 0.1) is 20.8 Å². The van der Waals surface area contributed by atoms with E-state index in [0.29, 0.717) is 25.1 Å². The number of nitrogens with one attached hydrogen (secondary N) is 1. The van der Waals surface area contributed by atoms with E-state index < -0.39 is 0 Å². The van der Waals surface area contributed by atoms with Gasteiger partial charge in [0.1, 0.15) is 0 Å². The van der Waals surface area contributed by atoms with Crippen LogP contribution >= 0.6 is 0 Å². The lowest BCUT2D eigenvalue weighted by atomic mass is 10.0. The number of piperidine rings is 1. The number of anilines is 3. The number of benzene rings is 1. The van der Waals surface area contributed by atoms with E-state index in [-0.39, 0.29) is 0 Å². The minimum absolute atomic E-state index is 0.478. The maximum atomic E-state index is 5.48. The molecular formula is C22H31N7O. The second-order valence-corrected chi connectivity index (χ2v) is 8.09. The van der Waals surface area contributed by atoms with Crippen molar-refractivity contribution in [2.45, 2.75) is 40.0 Å². The molecule has 0 atom stereocenters. The van der Waals surface area contributed by atoms with Gasteiger partial charge in [-0.3, -0.25) is 0 Å². The number of ether oxygens (including phenoxy) is 1. The fourth-order valence-corrected chi connectivity index (χ4v) is 4.09. The van der Waals surface area contributed by atoms with Gasteiger partial charge in [-0.1, -0.05) is 17.7 Å². The third kappa shape index (κ3) is 4.87. The topological polar surface area (TPSA) is 78.8 Å². The molecule has 2 fully saturated rings. The molecule has 4 rings (SSSR count). The van der Waals surface area contributed by atoms with Crippen molar-refractivity contribution in [2.75, 3.05) is 54.6 Å². The van der Waals surface area contributed by atoms with Crippen LogP contribution in [0.4, 0.5) is 17.8 Å². The normalized spacial score (nSPS) is 17.6. The van der Waals surface area contributed by atoms with E-state index in [0.717, 1.165) is 37.7 Å². The molecule has 8 heteroatoms. The van der Waals surface area contributed by atoms with Crippen LogP contribution in [-0.2, 0) is 4.74 Å². The Labute approximate surface area is 178 Å². The van der Waals surface area contributed by atoms with Crippen molar-refractivity contribution >= 4 is 24.1 Å². The predicted molar refractivity (Wildman–Crippen MR) is 121 cm³/mol. The molecule has 0 radical (unpaired) electrons. The summed E-state index contributed by atoms with van der Waals surface area (Å²) >= 11 is 0. The number of nitrogens with zero attached hydrogens (tertiary/aromatic N) is 6. The third-order valence-electron chi connectivity index (χ3n) is 5.64. The molecule has 0 spiro atoms. The first-order valence-electron chi connectivity index (χ1n) is 10.8. The summed E-state index contributed by atoms with van der Waals surface area (Å²) in [7, 11) is 0. The van der Waals surface area contributed by atoms with Crippen molar-refractivity contribution in [3.8, 4) is 0 Å². The van der Waals surface area contributed by atoms with Gasteiger partial charge in [-0.25, -0.2) is 5.43 Å². The van der Waals surface area contributed by atoms with Crippen molar-refractivity contribution in [3.63, 3.8) is 0 Å². The smallest absolute Gasteiger partial charge is 0.250 e. The zero-order valence-electron chi connectivity index (χ0n) is 18.2. The highest BCUT2D eigenvalue weighted by atomic mass is 16.5. The molecule has 0 unspecified atom stereocenters. The maximum absolute atomic E-state index is 5.48. The van der Waals surface area contributed by atoms with E-state index in [1.165, 1.54) is 36.0 Å². The van der Waals surface area contributed by atoms with E-state index in [1.54, 1.807) is 0 Å². The number of hydrogen-bond acceptors (Lipinski definition) is 8. The lowest BCUT2D eigenvalue weighted by molar-refractivity contribution is 0.122. The molecule has 2 saturated heterocycles. The van der Waals surface area contributed by atoms with Gasteiger partial charge in [0.15, 0.2) is 0 Å². The quantitative estimate of drug-likeness (QED) is 0.600. The minimum Gasteiger partial charge on any atom is -0.378 e. The summed E-state index contributed by atoms with van der Waals surface area (Å²) in [5.41, 5.74) is 7.83. The van der Waals surface area contributed by atoms with Crippen LogP contribution in [0.1, 0.15) is 41.5 Å². The Morgan fingerprint density at radius 1 is 0.867 bits per heavy atom. The molecule has 2 aromatic rings. The van der Waals surface area contributed by atoms with E-state index in [9.17, 15) is 0 Å². The van der Waals surface area contributed by atoms with Crippen molar-refractivity contribution in [3.05, 3.63) is 34.4 Å². The molecule has 0 amide bonds. The average Bonchev–Trinajstić information content (AvgIpc) is 2.76. The molecular weight excluding hydrogens is 378 g/mol. The summed E-state index contributed by atoms with van der Waals surface area (Å²) in [6, 6.07) is 4.34. The molecule has 0 aliphatic carbocycles. The first kappa shape index (κ1) is 20.5. The number of hydrogen-bond donors (Lipinski definition) is 1. The van der Waals surface area contributed by atoms with Gasteiger partial charge < -0.3 is 14.5 Å². The number of aryl methyl sites for hydroxylation is 3. The Morgan fingerprint density at radius 2 is 1.47 bits per heavy atom. The van der Waals surface area contributed by atoms with Gasteiger partial charge in [-0.15, -0.1) is 0 Å². The first-order valence-corrected chi connectivity index (χ1v) is 10.8. The highest BCUT2D eigenvalue weighted by molar-refractivity contribution is 5.84. The second kappa shape index (κ2) is 9.38.